The van der Waals surface area contributed by atoms with E-state index in [4.69, 9.17) is 0 Å². The Labute approximate surface area is 83.6 Å². The Morgan fingerprint density at radius 1 is 1.27 bits per heavy atom. The summed E-state index contributed by atoms with van der Waals surface area (Å²) in [4.78, 5) is 30.9. The fourth-order valence-electron chi connectivity index (χ4n) is 0.870. The fourth-order valence-corrected chi connectivity index (χ4v) is 0.870. The molecule has 1 aromatic carbocycles. The zero-order chi connectivity index (χ0) is 11.4. The van der Waals surface area contributed by atoms with Crippen LogP contribution in [0.5, 0.6) is 0 Å². The second kappa shape index (κ2) is 4.18. The van der Waals surface area contributed by atoms with Crippen LogP contribution < -0.4 is 5.73 Å². The number of hydrogen-bond acceptors (Lipinski definition) is 5. The molecule has 0 aliphatic rings. The molecule has 15 heavy (non-hydrogen) atoms. The normalized spacial score (nSPS) is 9.33. The average Bonchev–Trinajstić information content (AvgIpc) is 2.17. The summed E-state index contributed by atoms with van der Waals surface area (Å²) in [6.45, 7) is 0. The van der Waals surface area contributed by atoms with Crippen LogP contribution in [-0.4, -0.2) is 17.0 Å². The van der Waals surface area contributed by atoms with E-state index in [-0.39, 0.29) is 11.3 Å². The summed E-state index contributed by atoms with van der Waals surface area (Å²) in [7, 11) is 0. The van der Waals surface area contributed by atoms with E-state index in [0.717, 1.165) is 12.1 Å². The summed E-state index contributed by atoms with van der Waals surface area (Å²) in [5.74, 6) is -0.947. The maximum Gasteiger partial charge on any atom is 0.412 e. The minimum Gasteiger partial charge on any atom is -0.373 e. The van der Waals surface area contributed by atoms with Crippen LogP contribution in [0.2, 0.25) is 0 Å². The van der Waals surface area contributed by atoms with Gasteiger partial charge < -0.3 is 10.5 Å². The lowest BCUT2D eigenvalue weighted by atomic mass is 10.2. The topological polar surface area (TPSA) is 113 Å². The van der Waals surface area contributed by atoms with Gasteiger partial charge in [0.25, 0.3) is 5.69 Å². The largest absolute Gasteiger partial charge is 0.412 e. The first-order valence-electron chi connectivity index (χ1n) is 3.77. The second-order valence-electron chi connectivity index (χ2n) is 2.51. The molecular weight excluding hydrogens is 204 g/mol. The van der Waals surface area contributed by atoms with Gasteiger partial charge in [0.15, 0.2) is 0 Å². The molecular formula is C8H6N2O5. The average molecular weight is 210 g/mol. The number of non-ortho nitro benzene ring substituents is 1. The van der Waals surface area contributed by atoms with Gasteiger partial charge >= 0.3 is 12.1 Å². The van der Waals surface area contributed by atoms with Gasteiger partial charge in [0.05, 0.1) is 10.5 Å². The third-order valence-corrected chi connectivity index (χ3v) is 1.51. The van der Waals surface area contributed by atoms with Crippen LogP contribution in [0.4, 0.5) is 10.5 Å². The Balaban J connectivity index is 2.84. The first-order chi connectivity index (χ1) is 7.00. The molecule has 0 saturated heterocycles. The number of esters is 1. The highest BCUT2D eigenvalue weighted by molar-refractivity contribution is 5.96. The van der Waals surface area contributed by atoms with Crippen LogP contribution >= 0.6 is 0 Å². The van der Waals surface area contributed by atoms with Crippen molar-refractivity contribution in [1.82, 2.24) is 0 Å². The maximum absolute atomic E-state index is 11.0. The molecule has 0 aliphatic heterocycles. The summed E-state index contributed by atoms with van der Waals surface area (Å²) in [6.07, 6.45) is -1.22. The Hall–Kier alpha value is -2.44. The molecule has 1 rings (SSSR count). The van der Waals surface area contributed by atoms with E-state index in [0.29, 0.717) is 0 Å². The van der Waals surface area contributed by atoms with Crippen molar-refractivity contribution in [3.8, 4) is 0 Å². The van der Waals surface area contributed by atoms with Gasteiger partial charge in [-0.1, -0.05) is 0 Å². The van der Waals surface area contributed by atoms with Crippen molar-refractivity contribution in [1.29, 1.82) is 0 Å². The number of nitro benzene ring substituents is 1. The SMILES string of the molecule is NC(=O)OC(=O)c1ccc([N+](=O)[O-])cc1. The van der Waals surface area contributed by atoms with Gasteiger partial charge in [-0.2, -0.15) is 0 Å². The summed E-state index contributed by atoms with van der Waals surface area (Å²) in [5, 5.41) is 10.3. The quantitative estimate of drug-likeness (QED) is 0.336. The summed E-state index contributed by atoms with van der Waals surface area (Å²) < 4.78 is 4.07. The molecule has 0 bridgehead atoms. The number of ether oxygens (including phenoxy) is 1. The lowest BCUT2D eigenvalue weighted by Gasteiger charge is -1.98. The molecule has 7 nitrogen and oxygen atoms in total. The first-order valence-corrected chi connectivity index (χ1v) is 3.77. The molecule has 0 saturated carbocycles. The molecule has 78 valence electrons. The number of rotatable bonds is 2. The zero-order valence-corrected chi connectivity index (χ0v) is 7.38. The number of nitrogens with two attached hydrogens (primary N) is 1. The van der Waals surface area contributed by atoms with E-state index in [1.165, 1.54) is 12.1 Å². The molecule has 0 atom stereocenters. The van der Waals surface area contributed by atoms with E-state index < -0.39 is 17.0 Å². The smallest absolute Gasteiger partial charge is 0.373 e. The van der Waals surface area contributed by atoms with Crippen molar-refractivity contribution in [3.05, 3.63) is 39.9 Å². The van der Waals surface area contributed by atoms with Gasteiger partial charge in [0, 0.05) is 12.1 Å². The molecule has 0 spiro atoms. The van der Waals surface area contributed by atoms with Crippen LogP contribution in [0.1, 0.15) is 10.4 Å². The maximum atomic E-state index is 11.0. The number of carbonyl (C=O) groups excluding carboxylic acids is 2. The van der Waals surface area contributed by atoms with E-state index in [9.17, 15) is 19.7 Å². The van der Waals surface area contributed by atoms with E-state index >= 15 is 0 Å². The summed E-state index contributed by atoms with van der Waals surface area (Å²) in [5.41, 5.74) is 4.47. The van der Waals surface area contributed by atoms with Crippen LogP contribution in [-0.2, 0) is 4.74 Å². The molecule has 0 unspecified atom stereocenters. The monoisotopic (exact) mass is 210 g/mol. The summed E-state index contributed by atoms with van der Waals surface area (Å²) >= 11 is 0. The van der Waals surface area contributed by atoms with Gasteiger partial charge in [-0.15, -0.1) is 0 Å². The number of nitro groups is 1. The number of benzene rings is 1. The van der Waals surface area contributed by atoms with Gasteiger partial charge in [0.1, 0.15) is 0 Å². The number of nitrogens with zero attached hydrogens (tertiary/aromatic N) is 1. The lowest BCUT2D eigenvalue weighted by Crippen LogP contribution is -2.18. The van der Waals surface area contributed by atoms with Gasteiger partial charge in [-0.25, -0.2) is 9.59 Å². The molecule has 0 heterocycles. The predicted molar refractivity (Wildman–Crippen MR) is 48.1 cm³/mol. The van der Waals surface area contributed by atoms with E-state index in [2.05, 4.69) is 10.5 Å². The first kappa shape index (κ1) is 10.6. The molecule has 0 aliphatic carbocycles. The lowest BCUT2D eigenvalue weighted by molar-refractivity contribution is -0.384. The molecule has 1 aromatic rings. The van der Waals surface area contributed by atoms with E-state index in [1.807, 2.05) is 0 Å². The Morgan fingerprint density at radius 2 is 1.80 bits per heavy atom. The van der Waals surface area contributed by atoms with Crippen LogP contribution in [0.3, 0.4) is 0 Å². The molecule has 0 aromatic heterocycles. The Morgan fingerprint density at radius 3 is 2.20 bits per heavy atom. The third kappa shape index (κ3) is 2.76. The van der Waals surface area contributed by atoms with Crippen molar-refractivity contribution in [3.63, 3.8) is 0 Å². The zero-order valence-electron chi connectivity index (χ0n) is 7.38. The van der Waals surface area contributed by atoms with Crippen molar-refractivity contribution >= 4 is 17.7 Å². The van der Waals surface area contributed by atoms with E-state index in [1.54, 1.807) is 0 Å². The number of carbonyl (C=O) groups is 2. The van der Waals surface area contributed by atoms with Gasteiger partial charge in [-0.3, -0.25) is 10.1 Å². The molecule has 1 amide bonds. The highest BCUT2D eigenvalue weighted by Gasteiger charge is 2.12. The second-order valence-corrected chi connectivity index (χ2v) is 2.51. The van der Waals surface area contributed by atoms with Gasteiger partial charge in [0.2, 0.25) is 0 Å². The van der Waals surface area contributed by atoms with Crippen LogP contribution in [0.15, 0.2) is 24.3 Å². The van der Waals surface area contributed by atoms with Crippen LogP contribution in [0, 0.1) is 10.1 Å². The Bertz CT molecular complexity index is 412. The van der Waals surface area contributed by atoms with Crippen molar-refractivity contribution in [2.75, 3.05) is 0 Å². The summed E-state index contributed by atoms with van der Waals surface area (Å²) in [6, 6.07) is 4.59. The Kier molecular flexibility index (Phi) is 2.97. The molecule has 0 radical (unpaired) electrons. The molecule has 2 N–H and O–H groups in total. The molecule has 0 fully saturated rings. The van der Waals surface area contributed by atoms with Crippen molar-refractivity contribution < 1.29 is 19.2 Å². The third-order valence-electron chi connectivity index (χ3n) is 1.51. The number of hydrogen-bond donors (Lipinski definition) is 1. The fraction of sp³-hybridized carbons (Fsp3) is 0. The highest BCUT2D eigenvalue weighted by Crippen LogP contribution is 2.12. The highest BCUT2D eigenvalue weighted by atomic mass is 16.6. The standard InChI is InChI=1S/C8H6N2O5/c9-8(12)15-7(11)5-1-3-6(4-2-5)10(13)14/h1-4H,(H2,9,12). The van der Waals surface area contributed by atoms with Crippen molar-refractivity contribution in [2.24, 2.45) is 5.73 Å². The number of primary amides is 1. The van der Waals surface area contributed by atoms with Crippen molar-refractivity contribution in [2.45, 2.75) is 0 Å². The minimum atomic E-state index is -1.22. The van der Waals surface area contributed by atoms with Crippen LogP contribution in [0.25, 0.3) is 0 Å². The minimum absolute atomic E-state index is 0.0133. The van der Waals surface area contributed by atoms with Gasteiger partial charge in [-0.05, 0) is 12.1 Å². The number of amides is 1. The predicted octanol–water partition coefficient (Wildman–Crippen LogP) is 0.830. The molecule has 7 heteroatoms.